The molecule has 0 bridgehead atoms. The maximum Gasteiger partial charge on any atom is 0.0208 e. The zero-order valence-corrected chi connectivity index (χ0v) is 12.0. The highest BCUT2D eigenvalue weighted by Crippen LogP contribution is 2.28. The largest absolute Gasteiger partial charge is 0.310 e. The predicted octanol–water partition coefficient (Wildman–Crippen LogP) is 4.19. The summed E-state index contributed by atoms with van der Waals surface area (Å²) in [6.45, 7) is 1.00. The molecular formula is C19H23N. The van der Waals surface area contributed by atoms with Gasteiger partial charge in [0, 0.05) is 12.6 Å². The molecule has 0 amide bonds. The Bertz CT molecular complexity index is 506. The highest BCUT2D eigenvalue weighted by atomic mass is 14.9. The lowest BCUT2D eigenvalue weighted by Crippen LogP contribution is -2.26. The van der Waals surface area contributed by atoms with Crippen LogP contribution in [-0.4, -0.2) is 6.04 Å². The van der Waals surface area contributed by atoms with Crippen LogP contribution in [0.2, 0.25) is 0 Å². The van der Waals surface area contributed by atoms with Crippen LogP contribution in [0, 0.1) is 5.92 Å². The van der Waals surface area contributed by atoms with Gasteiger partial charge in [-0.2, -0.15) is 0 Å². The fourth-order valence-electron chi connectivity index (χ4n) is 3.25. The van der Waals surface area contributed by atoms with Crippen LogP contribution in [0.25, 0.3) is 0 Å². The Labute approximate surface area is 122 Å². The average molecular weight is 265 g/mol. The summed E-state index contributed by atoms with van der Waals surface area (Å²) in [5.41, 5.74) is 2.88. The maximum atomic E-state index is 3.71. The van der Waals surface area contributed by atoms with Crippen molar-refractivity contribution >= 4 is 0 Å². The van der Waals surface area contributed by atoms with Crippen LogP contribution in [0.15, 0.2) is 60.7 Å². The van der Waals surface area contributed by atoms with Gasteiger partial charge in [0.15, 0.2) is 0 Å². The van der Waals surface area contributed by atoms with Crippen LogP contribution in [0.4, 0.5) is 0 Å². The first kappa shape index (κ1) is 13.4. The van der Waals surface area contributed by atoms with Gasteiger partial charge in [0.1, 0.15) is 0 Å². The van der Waals surface area contributed by atoms with E-state index in [-0.39, 0.29) is 0 Å². The van der Waals surface area contributed by atoms with E-state index < -0.39 is 0 Å². The highest BCUT2D eigenvalue weighted by molar-refractivity contribution is 5.16. The molecule has 2 aromatic rings. The lowest BCUT2D eigenvalue weighted by atomic mass is 9.98. The number of hydrogen-bond donors (Lipinski definition) is 1. The summed E-state index contributed by atoms with van der Waals surface area (Å²) in [4.78, 5) is 0. The van der Waals surface area contributed by atoms with Crippen LogP contribution in [0.3, 0.4) is 0 Å². The van der Waals surface area contributed by atoms with E-state index in [0.717, 1.165) is 12.5 Å². The predicted molar refractivity (Wildman–Crippen MR) is 84.6 cm³/mol. The van der Waals surface area contributed by atoms with Crippen molar-refractivity contribution in [3.63, 3.8) is 0 Å². The van der Waals surface area contributed by atoms with E-state index in [1.807, 2.05) is 0 Å². The van der Waals surface area contributed by atoms with Crippen molar-refractivity contribution in [1.82, 2.24) is 5.32 Å². The van der Waals surface area contributed by atoms with Crippen LogP contribution >= 0.6 is 0 Å². The molecule has 1 saturated carbocycles. The summed E-state index contributed by atoms with van der Waals surface area (Å²) in [5, 5.41) is 3.71. The molecule has 2 atom stereocenters. The molecule has 104 valence electrons. The molecule has 1 N–H and O–H groups in total. The van der Waals surface area contributed by atoms with Gasteiger partial charge >= 0.3 is 0 Å². The van der Waals surface area contributed by atoms with E-state index in [0.29, 0.717) is 6.04 Å². The first-order valence-corrected chi connectivity index (χ1v) is 7.71. The quantitative estimate of drug-likeness (QED) is 0.855. The van der Waals surface area contributed by atoms with Gasteiger partial charge in [0.25, 0.3) is 0 Å². The topological polar surface area (TPSA) is 12.0 Å². The molecule has 0 heterocycles. The smallest absolute Gasteiger partial charge is 0.0208 e. The minimum absolute atomic E-state index is 0.698. The lowest BCUT2D eigenvalue weighted by molar-refractivity contribution is 0.483. The number of benzene rings is 2. The molecule has 2 unspecified atom stereocenters. The summed E-state index contributed by atoms with van der Waals surface area (Å²) >= 11 is 0. The van der Waals surface area contributed by atoms with Crippen molar-refractivity contribution in [1.29, 1.82) is 0 Å². The van der Waals surface area contributed by atoms with Crippen LogP contribution < -0.4 is 5.32 Å². The minimum atomic E-state index is 0.698. The van der Waals surface area contributed by atoms with E-state index in [1.165, 1.54) is 36.8 Å². The SMILES string of the molecule is c1ccc(CNC2CCC(Cc3ccccc3)C2)cc1. The maximum absolute atomic E-state index is 3.71. The second-order valence-corrected chi connectivity index (χ2v) is 5.93. The summed E-state index contributed by atoms with van der Waals surface area (Å²) in [6, 6.07) is 22.3. The van der Waals surface area contributed by atoms with Gasteiger partial charge in [0.05, 0.1) is 0 Å². The first-order chi connectivity index (χ1) is 9.90. The Kier molecular flexibility index (Phi) is 4.49. The molecule has 0 spiro atoms. The van der Waals surface area contributed by atoms with Gasteiger partial charge in [0.2, 0.25) is 0 Å². The summed E-state index contributed by atoms with van der Waals surface area (Å²) < 4.78 is 0. The molecule has 1 fully saturated rings. The van der Waals surface area contributed by atoms with Gasteiger partial charge in [-0.1, -0.05) is 60.7 Å². The molecule has 0 aromatic heterocycles. The Balaban J connectivity index is 1.45. The van der Waals surface area contributed by atoms with Crippen LogP contribution in [0.1, 0.15) is 30.4 Å². The van der Waals surface area contributed by atoms with Gasteiger partial charge < -0.3 is 5.32 Å². The molecule has 3 rings (SSSR count). The zero-order chi connectivity index (χ0) is 13.6. The Morgan fingerprint density at radius 3 is 2.15 bits per heavy atom. The second kappa shape index (κ2) is 6.71. The van der Waals surface area contributed by atoms with Crippen molar-refractivity contribution in [2.45, 2.75) is 38.3 Å². The van der Waals surface area contributed by atoms with Crippen molar-refractivity contribution in [3.8, 4) is 0 Å². The molecule has 1 aliphatic rings. The Morgan fingerprint density at radius 2 is 1.45 bits per heavy atom. The lowest BCUT2D eigenvalue weighted by Gasteiger charge is -2.13. The standard InChI is InChI=1S/C19H23N/c1-3-7-16(8-4-1)13-18-11-12-19(14-18)20-15-17-9-5-2-6-10-17/h1-10,18-20H,11-15H2. The van der Waals surface area contributed by atoms with Crippen molar-refractivity contribution < 1.29 is 0 Å². The normalized spacial score (nSPS) is 22.0. The molecule has 1 heteroatoms. The first-order valence-electron chi connectivity index (χ1n) is 7.71. The van der Waals surface area contributed by atoms with Crippen molar-refractivity contribution in [2.24, 2.45) is 5.92 Å². The van der Waals surface area contributed by atoms with Gasteiger partial charge in [-0.05, 0) is 42.7 Å². The van der Waals surface area contributed by atoms with E-state index in [9.17, 15) is 0 Å². The Morgan fingerprint density at radius 1 is 0.800 bits per heavy atom. The number of hydrogen-bond acceptors (Lipinski definition) is 1. The van der Waals surface area contributed by atoms with E-state index >= 15 is 0 Å². The molecule has 0 radical (unpaired) electrons. The van der Waals surface area contributed by atoms with Crippen molar-refractivity contribution in [2.75, 3.05) is 0 Å². The number of nitrogens with one attached hydrogen (secondary N) is 1. The van der Waals surface area contributed by atoms with Gasteiger partial charge in [-0.25, -0.2) is 0 Å². The zero-order valence-electron chi connectivity index (χ0n) is 12.0. The Hall–Kier alpha value is -1.60. The fraction of sp³-hybridized carbons (Fsp3) is 0.368. The van der Waals surface area contributed by atoms with Gasteiger partial charge in [-0.3, -0.25) is 0 Å². The second-order valence-electron chi connectivity index (χ2n) is 5.93. The highest BCUT2D eigenvalue weighted by Gasteiger charge is 2.24. The third-order valence-corrected chi connectivity index (χ3v) is 4.35. The molecule has 20 heavy (non-hydrogen) atoms. The molecule has 1 aliphatic carbocycles. The fourth-order valence-corrected chi connectivity index (χ4v) is 3.25. The summed E-state index contributed by atoms with van der Waals surface area (Å²) in [5.74, 6) is 0.852. The van der Waals surface area contributed by atoms with E-state index in [2.05, 4.69) is 66.0 Å². The minimum Gasteiger partial charge on any atom is -0.310 e. The molecular weight excluding hydrogens is 242 g/mol. The van der Waals surface area contributed by atoms with E-state index in [1.54, 1.807) is 0 Å². The third-order valence-electron chi connectivity index (χ3n) is 4.35. The number of rotatable bonds is 5. The summed E-state index contributed by atoms with van der Waals surface area (Å²) in [7, 11) is 0. The van der Waals surface area contributed by atoms with Crippen LogP contribution in [0.5, 0.6) is 0 Å². The molecule has 0 aliphatic heterocycles. The third kappa shape index (κ3) is 3.71. The molecule has 1 nitrogen and oxygen atoms in total. The molecule has 2 aromatic carbocycles. The van der Waals surface area contributed by atoms with Crippen molar-refractivity contribution in [3.05, 3.63) is 71.8 Å². The molecule has 0 saturated heterocycles. The average Bonchev–Trinajstić information content (AvgIpc) is 2.95. The van der Waals surface area contributed by atoms with E-state index in [4.69, 9.17) is 0 Å². The summed E-state index contributed by atoms with van der Waals surface area (Å²) in [6.07, 6.45) is 5.25. The monoisotopic (exact) mass is 265 g/mol. The van der Waals surface area contributed by atoms with Gasteiger partial charge in [-0.15, -0.1) is 0 Å². The van der Waals surface area contributed by atoms with Crippen LogP contribution in [-0.2, 0) is 13.0 Å².